The number of anilines is 1. The average molecular weight is 235 g/mol. The van der Waals surface area contributed by atoms with Crippen LogP contribution >= 0.6 is 0 Å². The van der Waals surface area contributed by atoms with Gasteiger partial charge in [-0.05, 0) is 30.9 Å². The molecule has 0 spiro atoms. The third-order valence-electron chi connectivity index (χ3n) is 3.08. The summed E-state index contributed by atoms with van der Waals surface area (Å²) in [5.74, 6) is 0.627. The Hall–Kier alpha value is -1.62. The summed E-state index contributed by atoms with van der Waals surface area (Å²) in [5.41, 5.74) is 5.91. The first kappa shape index (κ1) is 11.9. The number of carbonyl (C=O) groups is 1. The number of pyridine rings is 1. The molecule has 0 aliphatic heterocycles. The molecule has 5 heteroatoms. The quantitative estimate of drug-likeness (QED) is 0.800. The molecule has 1 aliphatic rings. The highest BCUT2D eigenvalue weighted by molar-refractivity contribution is 5.92. The van der Waals surface area contributed by atoms with Crippen molar-refractivity contribution in [3.05, 3.63) is 23.9 Å². The predicted octanol–water partition coefficient (Wildman–Crippen LogP) is 0.507. The molecule has 2 rings (SSSR count). The van der Waals surface area contributed by atoms with Gasteiger partial charge in [0.05, 0.1) is 6.10 Å². The van der Waals surface area contributed by atoms with Crippen LogP contribution in [0.2, 0.25) is 0 Å². The average Bonchev–Trinajstić information content (AvgIpc) is 2.26. The molecule has 1 aromatic rings. The monoisotopic (exact) mass is 235 g/mol. The lowest BCUT2D eigenvalue weighted by Crippen LogP contribution is -2.39. The summed E-state index contributed by atoms with van der Waals surface area (Å²) in [6.45, 7) is 0.659. The molecule has 0 unspecified atom stereocenters. The van der Waals surface area contributed by atoms with Crippen molar-refractivity contribution in [1.82, 2.24) is 9.88 Å². The van der Waals surface area contributed by atoms with Crippen LogP contribution in [-0.2, 0) is 0 Å². The summed E-state index contributed by atoms with van der Waals surface area (Å²) in [7, 11) is 1.75. The lowest BCUT2D eigenvalue weighted by atomic mass is 9.82. The van der Waals surface area contributed by atoms with Gasteiger partial charge in [-0.15, -0.1) is 0 Å². The molecular formula is C12H17N3O2. The minimum Gasteiger partial charge on any atom is -0.393 e. The molecular weight excluding hydrogens is 218 g/mol. The van der Waals surface area contributed by atoms with Gasteiger partial charge in [-0.3, -0.25) is 4.79 Å². The Kier molecular flexibility index (Phi) is 3.28. The molecule has 17 heavy (non-hydrogen) atoms. The highest BCUT2D eigenvalue weighted by Gasteiger charge is 2.29. The Morgan fingerprint density at radius 1 is 1.59 bits per heavy atom. The topological polar surface area (TPSA) is 79.5 Å². The molecule has 1 heterocycles. The minimum atomic E-state index is -0.186. The van der Waals surface area contributed by atoms with Crippen LogP contribution in [0.15, 0.2) is 18.2 Å². The third-order valence-corrected chi connectivity index (χ3v) is 3.08. The van der Waals surface area contributed by atoms with E-state index in [-0.39, 0.29) is 12.0 Å². The van der Waals surface area contributed by atoms with Gasteiger partial charge < -0.3 is 15.7 Å². The van der Waals surface area contributed by atoms with Crippen LogP contribution in [0.3, 0.4) is 0 Å². The van der Waals surface area contributed by atoms with Crippen LogP contribution in [0.4, 0.5) is 5.82 Å². The molecule has 1 aromatic heterocycles. The molecule has 3 N–H and O–H groups in total. The molecule has 1 amide bonds. The molecule has 0 atom stereocenters. The zero-order valence-electron chi connectivity index (χ0n) is 9.84. The molecule has 1 fully saturated rings. The summed E-state index contributed by atoms with van der Waals surface area (Å²) in [6, 6.07) is 5.03. The zero-order valence-corrected chi connectivity index (χ0v) is 9.84. The van der Waals surface area contributed by atoms with E-state index < -0.39 is 0 Å². The normalized spacial score (nSPS) is 22.9. The van der Waals surface area contributed by atoms with Crippen molar-refractivity contribution in [2.75, 3.05) is 19.3 Å². The molecule has 5 nitrogen and oxygen atoms in total. The highest BCUT2D eigenvalue weighted by Crippen LogP contribution is 2.27. The van der Waals surface area contributed by atoms with Crippen LogP contribution in [0.5, 0.6) is 0 Å². The summed E-state index contributed by atoms with van der Waals surface area (Å²) in [6.07, 6.45) is 1.37. The van der Waals surface area contributed by atoms with Crippen LogP contribution in [0.25, 0.3) is 0 Å². The van der Waals surface area contributed by atoms with Gasteiger partial charge in [-0.25, -0.2) is 4.98 Å². The number of nitrogens with two attached hydrogens (primary N) is 1. The van der Waals surface area contributed by atoms with E-state index in [4.69, 9.17) is 5.73 Å². The number of hydrogen-bond donors (Lipinski definition) is 2. The maximum atomic E-state index is 12.0. The highest BCUT2D eigenvalue weighted by atomic mass is 16.3. The number of aliphatic hydroxyl groups excluding tert-OH is 1. The van der Waals surface area contributed by atoms with Crippen molar-refractivity contribution in [3.8, 4) is 0 Å². The van der Waals surface area contributed by atoms with Crippen molar-refractivity contribution >= 4 is 11.7 Å². The third kappa shape index (κ3) is 2.74. The van der Waals surface area contributed by atoms with Gasteiger partial charge in [-0.1, -0.05) is 6.07 Å². The maximum absolute atomic E-state index is 12.0. The largest absolute Gasteiger partial charge is 0.393 e. The number of hydrogen-bond acceptors (Lipinski definition) is 4. The number of carbonyl (C=O) groups excluding carboxylic acids is 1. The van der Waals surface area contributed by atoms with Crippen LogP contribution in [0.1, 0.15) is 23.3 Å². The number of nitrogens with zero attached hydrogens (tertiary/aromatic N) is 2. The van der Waals surface area contributed by atoms with E-state index in [0.717, 1.165) is 12.8 Å². The van der Waals surface area contributed by atoms with Crippen LogP contribution in [-0.4, -0.2) is 40.6 Å². The molecule has 0 bridgehead atoms. The summed E-state index contributed by atoms with van der Waals surface area (Å²) in [5, 5.41) is 9.19. The van der Waals surface area contributed by atoms with Gasteiger partial charge in [0.2, 0.25) is 0 Å². The van der Waals surface area contributed by atoms with Gasteiger partial charge in [0.15, 0.2) is 0 Å². The molecule has 0 aromatic carbocycles. The Labute approximate surface area is 100 Å². The molecule has 92 valence electrons. The Morgan fingerprint density at radius 2 is 2.29 bits per heavy atom. The first-order valence-electron chi connectivity index (χ1n) is 5.72. The van der Waals surface area contributed by atoms with E-state index in [0.29, 0.717) is 24.0 Å². The number of aliphatic hydroxyl groups is 1. The van der Waals surface area contributed by atoms with Gasteiger partial charge in [0.1, 0.15) is 11.5 Å². The second-order valence-electron chi connectivity index (χ2n) is 4.62. The van der Waals surface area contributed by atoms with E-state index in [1.165, 1.54) is 0 Å². The fraction of sp³-hybridized carbons (Fsp3) is 0.500. The van der Waals surface area contributed by atoms with E-state index in [9.17, 15) is 9.90 Å². The van der Waals surface area contributed by atoms with Crippen molar-refractivity contribution in [2.45, 2.75) is 18.9 Å². The predicted molar refractivity (Wildman–Crippen MR) is 64.3 cm³/mol. The lowest BCUT2D eigenvalue weighted by Gasteiger charge is -2.34. The standard InChI is InChI=1S/C12H17N3O2/c1-15(7-8-5-9(16)6-8)12(17)10-3-2-4-11(13)14-10/h2-4,8-9,16H,5-7H2,1H3,(H2,13,14). The lowest BCUT2D eigenvalue weighted by molar-refractivity contribution is 0.0264. The maximum Gasteiger partial charge on any atom is 0.272 e. The second kappa shape index (κ2) is 4.71. The van der Waals surface area contributed by atoms with Crippen molar-refractivity contribution in [3.63, 3.8) is 0 Å². The summed E-state index contributed by atoms with van der Waals surface area (Å²) in [4.78, 5) is 17.6. The van der Waals surface area contributed by atoms with Gasteiger partial charge >= 0.3 is 0 Å². The Bertz CT molecular complexity index is 416. The van der Waals surface area contributed by atoms with Crippen LogP contribution in [0, 0.1) is 5.92 Å². The van der Waals surface area contributed by atoms with Gasteiger partial charge in [0, 0.05) is 13.6 Å². The van der Waals surface area contributed by atoms with Gasteiger partial charge in [-0.2, -0.15) is 0 Å². The number of amides is 1. The summed E-state index contributed by atoms with van der Waals surface area (Å²) >= 11 is 0. The van der Waals surface area contributed by atoms with Gasteiger partial charge in [0.25, 0.3) is 5.91 Å². The van der Waals surface area contributed by atoms with E-state index in [1.807, 2.05) is 0 Å². The Morgan fingerprint density at radius 3 is 2.88 bits per heavy atom. The molecule has 0 saturated heterocycles. The second-order valence-corrected chi connectivity index (χ2v) is 4.62. The van der Waals surface area contributed by atoms with Crippen molar-refractivity contribution in [1.29, 1.82) is 0 Å². The number of aromatic nitrogens is 1. The van der Waals surface area contributed by atoms with E-state index in [1.54, 1.807) is 30.1 Å². The fourth-order valence-corrected chi connectivity index (χ4v) is 2.09. The number of nitrogen functional groups attached to an aromatic ring is 1. The molecule has 1 aliphatic carbocycles. The van der Waals surface area contributed by atoms with Crippen LogP contribution < -0.4 is 5.73 Å². The van der Waals surface area contributed by atoms with E-state index in [2.05, 4.69) is 4.98 Å². The van der Waals surface area contributed by atoms with E-state index >= 15 is 0 Å². The Balaban J connectivity index is 1.95. The molecule has 0 radical (unpaired) electrons. The minimum absolute atomic E-state index is 0.126. The SMILES string of the molecule is CN(CC1CC(O)C1)C(=O)c1cccc(N)n1. The zero-order chi connectivity index (χ0) is 12.4. The fourth-order valence-electron chi connectivity index (χ4n) is 2.09. The van der Waals surface area contributed by atoms with Crippen molar-refractivity contribution in [2.24, 2.45) is 5.92 Å². The smallest absolute Gasteiger partial charge is 0.272 e. The first-order valence-corrected chi connectivity index (χ1v) is 5.72. The summed E-state index contributed by atoms with van der Waals surface area (Å²) < 4.78 is 0. The number of rotatable bonds is 3. The first-order chi connectivity index (χ1) is 8.06. The van der Waals surface area contributed by atoms with Crippen molar-refractivity contribution < 1.29 is 9.90 Å². The molecule has 1 saturated carbocycles.